The minimum atomic E-state index is -0.00750. The Balaban J connectivity index is 2.08. The molecule has 5 heteroatoms. The van der Waals surface area contributed by atoms with Crippen molar-refractivity contribution < 1.29 is 9.53 Å². The van der Waals surface area contributed by atoms with E-state index in [4.69, 9.17) is 16.3 Å². The number of nitrogens with zero attached hydrogens (tertiary/aromatic N) is 2. The molecule has 0 fully saturated rings. The molecule has 0 aliphatic carbocycles. The quantitative estimate of drug-likeness (QED) is 0.466. The van der Waals surface area contributed by atoms with E-state index in [1.807, 2.05) is 35.4 Å². The van der Waals surface area contributed by atoms with E-state index < -0.39 is 0 Å². The summed E-state index contributed by atoms with van der Waals surface area (Å²) in [6, 6.07) is 12.1. The van der Waals surface area contributed by atoms with Crippen molar-refractivity contribution in [1.82, 2.24) is 9.47 Å². The highest BCUT2D eigenvalue weighted by atomic mass is 35.5. The summed E-state index contributed by atoms with van der Waals surface area (Å²) >= 11 is 5.79. The molecule has 0 bridgehead atoms. The first-order valence-corrected chi connectivity index (χ1v) is 9.32. The summed E-state index contributed by atoms with van der Waals surface area (Å²) < 4.78 is 7.46. The molecule has 2 aromatic rings. The first-order chi connectivity index (χ1) is 12.2. The zero-order valence-electron chi connectivity index (χ0n) is 15.1. The van der Waals surface area contributed by atoms with Gasteiger partial charge in [-0.05, 0) is 36.2 Å². The van der Waals surface area contributed by atoms with Gasteiger partial charge in [0.1, 0.15) is 11.6 Å². The van der Waals surface area contributed by atoms with Crippen LogP contribution in [0.3, 0.4) is 0 Å². The van der Waals surface area contributed by atoms with Crippen LogP contribution in [0.2, 0.25) is 0 Å². The van der Waals surface area contributed by atoms with Gasteiger partial charge in [0.05, 0.1) is 13.7 Å². The Bertz CT molecular complexity index is 669. The number of carbonyl (C=O) groups is 1. The second-order valence-corrected chi connectivity index (χ2v) is 6.40. The van der Waals surface area contributed by atoms with Crippen LogP contribution in [-0.4, -0.2) is 34.9 Å². The molecule has 1 aromatic carbocycles. The number of rotatable bonds is 10. The second-order valence-electron chi connectivity index (χ2n) is 6.13. The summed E-state index contributed by atoms with van der Waals surface area (Å²) in [5.74, 6) is 0.875. The van der Waals surface area contributed by atoms with Gasteiger partial charge >= 0.3 is 0 Å². The lowest BCUT2D eigenvalue weighted by atomic mass is 10.2. The standard InChI is InChI=1S/C20H27ClN2O2/c1-3-4-5-11-23(20(24)14-21)16-18-9-7-12-22(18)15-17-8-6-10-19(13-17)25-2/h6-10,12-13H,3-5,11,14-16H2,1-2H3. The molecule has 2 rings (SSSR count). The average molecular weight is 363 g/mol. The van der Waals surface area contributed by atoms with Crippen LogP contribution >= 0.6 is 11.6 Å². The monoisotopic (exact) mass is 362 g/mol. The molecular weight excluding hydrogens is 336 g/mol. The number of halogens is 1. The van der Waals surface area contributed by atoms with Gasteiger partial charge in [0.25, 0.3) is 0 Å². The normalized spacial score (nSPS) is 10.7. The highest BCUT2D eigenvalue weighted by Crippen LogP contribution is 2.16. The zero-order valence-corrected chi connectivity index (χ0v) is 15.8. The Morgan fingerprint density at radius 1 is 1.24 bits per heavy atom. The van der Waals surface area contributed by atoms with E-state index in [-0.39, 0.29) is 11.8 Å². The maximum absolute atomic E-state index is 12.2. The van der Waals surface area contributed by atoms with Gasteiger partial charge in [0, 0.05) is 25.0 Å². The van der Waals surface area contributed by atoms with Crippen molar-refractivity contribution in [2.24, 2.45) is 0 Å². The Morgan fingerprint density at radius 3 is 2.80 bits per heavy atom. The van der Waals surface area contributed by atoms with Crippen LogP contribution in [0.4, 0.5) is 0 Å². The van der Waals surface area contributed by atoms with Crippen LogP contribution in [0.1, 0.15) is 37.4 Å². The van der Waals surface area contributed by atoms with Gasteiger partial charge in [0.2, 0.25) is 5.91 Å². The van der Waals surface area contributed by atoms with Gasteiger partial charge in [-0.2, -0.15) is 0 Å². The smallest absolute Gasteiger partial charge is 0.237 e. The lowest BCUT2D eigenvalue weighted by Crippen LogP contribution is -2.33. The van der Waals surface area contributed by atoms with Gasteiger partial charge in [0.15, 0.2) is 0 Å². The number of hydrogen-bond donors (Lipinski definition) is 0. The minimum absolute atomic E-state index is 0.00750. The molecular formula is C20H27ClN2O2. The van der Waals surface area contributed by atoms with Crippen molar-refractivity contribution in [3.05, 3.63) is 53.9 Å². The third-order valence-corrected chi connectivity index (χ3v) is 4.49. The Kier molecular flexibility index (Phi) is 7.86. The average Bonchev–Trinajstić information content (AvgIpc) is 3.07. The maximum atomic E-state index is 12.2. The summed E-state index contributed by atoms with van der Waals surface area (Å²) in [6.07, 6.45) is 5.31. The fourth-order valence-electron chi connectivity index (χ4n) is 2.84. The first kappa shape index (κ1) is 19.4. The number of alkyl halides is 1. The molecule has 0 atom stereocenters. The highest BCUT2D eigenvalue weighted by Gasteiger charge is 2.14. The van der Waals surface area contributed by atoms with E-state index in [0.717, 1.165) is 49.4 Å². The van der Waals surface area contributed by atoms with E-state index >= 15 is 0 Å². The van der Waals surface area contributed by atoms with Crippen molar-refractivity contribution in [3.8, 4) is 5.75 Å². The fourth-order valence-corrected chi connectivity index (χ4v) is 3.01. The molecule has 1 heterocycles. The molecule has 0 unspecified atom stereocenters. The number of amides is 1. The lowest BCUT2D eigenvalue weighted by Gasteiger charge is -2.23. The molecule has 25 heavy (non-hydrogen) atoms. The number of hydrogen-bond acceptors (Lipinski definition) is 2. The van der Waals surface area contributed by atoms with Crippen LogP contribution in [0.25, 0.3) is 0 Å². The summed E-state index contributed by atoms with van der Waals surface area (Å²) in [4.78, 5) is 14.0. The summed E-state index contributed by atoms with van der Waals surface area (Å²) in [6.45, 7) is 4.25. The van der Waals surface area contributed by atoms with Crippen molar-refractivity contribution in [3.63, 3.8) is 0 Å². The molecule has 4 nitrogen and oxygen atoms in total. The van der Waals surface area contributed by atoms with Crippen LogP contribution in [0.15, 0.2) is 42.6 Å². The first-order valence-electron chi connectivity index (χ1n) is 8.78. The summed E-state index contributed by atoms with van der Waals surface area (Å²) in [5.41, 5.74) is 2.27. The van der Waals surface area contributed by atoms with Crippen LogP contribution in [0.5, 0.6) is 5.75 Å². The molecule has 0 spiro atoms. The van der Waals surface area contributed by atoms with E-state index in [9.17, 15) is 4.79 Å². The minimum Gasteiger partial charge on any atom is -0.497 e. The van der Waals surface area contributed by atoms with Crippen molar-refractivity contribution in [2.45, 2.75) is 39.3 Å². The number of methoxy groups -OCH3 is 1. The van der Waals surface area contributed by atoms with Gasteiger partial charge < -0.3 is 14.2 Å². The number of carbonyl (C=O) groups excluding carboxylic acids is 1. The Labute approximate surface area is 155 Å². The van der Waals surface area contributed by atoms with Gasteiger partial charge in [-0.3, -0.25) is 4.79 Å². The number of unbranched alkanes of at least 4 members (excludes halogenated alkanes) is 2. The van der Waals surface area contributed by atoms with Crippen LogP contribution in [0, 0.1) is 0 Å². The Morgan fingerprint density at radius 2 is 2.08 bits per heavy atom. The van der Waals surface area contributed by atoms with E-state index in [1.165, 1.54) is 0 Å². The molecule has 1 amide bonds. The van der Waals surface area contributed by atoms with Crippen molar-refractivity contribution >= 4 is 17.5 Å². The van der Waals surface area contributed by atoms with Gasteiger partial charge in [-0.1, -0.05) is 31.9 Å². The molecule has 136 valence electrons. The number of aromatic nitrogens is 1. The zero-order chi connectivity index (χ0) is 18.1. The predicted octanol–water partition coefficient (Wildman–Crippen LogP) is 4.30. The van der Waals surface area contributed by atoms with E-state index in [1.54, 1.807) is 7.11 Å². The second kappa shape index (κ2) is 10.1. The van der Waals surface area contributed by atoms with Gasteiger partial charge in [-0.15, -0.1) is 11.6 Å². The fraction of sp³-hybridized carbons (Fsp3) is 0.450. The largest absolute Gasteiger partial charge is 0.497 e. The van der Waals surface area contributed by atoms with Crippen molar-refractivity contribution in [1.29, 1.82) is 0 Å². The summed E-state index contributed by atoms with van der Waals surface area (Å²) in [7, 11) is 1.67. The van der Waals surface area contributed by atoms with Crippen LogP contribution in [-0.2, 0) is 17.9 Å². The molecule has 1 aromatic heterocycles. The molecule has 0 aliphatic heterocycles. The van der Waals surface area contributed by atoms with Crippen molar-refractivity contribution in [2.75, 3.05) is 19.5 Å². The SMILES string of the molecule is CCCCCN(Cc1cccn1Cc1cccc(OC)c1)C(=O)CCl. The molecule has 0 aliphatic rings. The predicted molar refractivity (Wildman–Crippen MR) is 102 cm³/mol. The number of benzene rings is 1. The molecule has 0 radical (unpaired) electrons. The lowest BCUT2D eigenvalue weighted by molar-refractivity contribution is -0.129. The van der Waals surface area contributed by atoms with Crippen LogP contribution < -0.4 is 4.74 Å². The molecule has 0 N–H and O–H groups in total. The van der Waals surface area contributed by atoms with Gasteiger partial charge in [-0.25, -0.2) is 0 Å². The third kappa shape index (κ3) is 5.82. The topological polar surface area (TPSA) is 34.5 Å². The Hall–Kier alpha value is -1.94. The maximum Gasteiger partial charge on any atom is 0.237 e. The summed E-state index contributed by atoms with van der Waals surface area (Å²) in [5, 5.41) is 0. The number of ether oxygens (including phenoxy) is 1. The molecule has 0 saturated heterocycles. The highest BCUT2D eigenvalue weighted by molar-refractivity contribution is 6.27. The third-order valence-electron chi connectivity index (χ3n) is 4.26. The van der Waals surface area contributed by atoms with E-state index in [0.29, 0.717) is 6.54 Å². The van der Waals surface area contributed by atoms with E-state index in [2.05, 4.69) is 23.6 Å². The molecule has 0 saturated carbocycles.